The quantitative estimate of drug-likeness (QED) is 0.315. The first kappa shape index (κ1) is 21.7. The predicted molar refractivity (Wildman–Crippen MR) is 101 cm³/mol. The lowest BCUT2D eigenvalue weighted by Crippen LogP contribution is -2.79. The topological polar surface area (TPSA) is 155 Å². The molecule has 3 heterocycles. The molecule has 3 aliphatic rings. The zero-order valence-corrected chi connectivity index (χ0v) is 17.0. The van der Waals surface area contributed by atoms with E-state index in [1.807, 2.05) is 0 Å². The van der Waals surface area contributed by atoms with Crippen LogP contribution < -0.4 is 16.0 Å². The van der Waals surface area contributed by atoms with Gasteiger partial charge in [0.1, 0.15) is 18.3 Å². The highest BCUT2D eigenvalue weighted by Gasteiger charge is 2.63. The van der Waals surface area contributed by atoms with Gasteiger partial charge in [0.15, 0.2) is 5.76 Å². The molecule has 168 valence electrons. The first-order chi connectivity index (χ1) is 14.3. The average molecular weight is 427 g/mol. The van der Waals surface area contributed by atoms with Crippen molar-refractivity contribution < 1.29 is 38.7 Å². The summed E-state index contributed by atoms with van der Waals surface area (Å²) in [7, 11) is 3.27. The fourth-order valence-corrected chi connectivity index (χ4v) is 4.65. The van der Waals surface area contributed by atoms with Crippen molar-refractivity contribution in [2.45, 2.75) is 74.1 Å². The average Bonchev–Trinajstić information content (AvgIpc) is 3.24. The van der Waals surface area contributed by atoms with E-state index in [-0.39, 0.29) is 18.3 Å². The van der Waals surface area contributed by atoms with Crippen LogP contribution in [0.2, 0.25) is 0 Å². The van der Waals surface area contributed by atoms with Gasteiger partial charge in [-0.2, -0.15) is 0 Å². The second-order valence-corrected chi connectivity index (χ2v) is 8.06. The number of rotatable bonds is 4. The molecule has 0 aromatic carbocycles. The van der Waals surface area contributed by atoms with Gasteiger partial charge in [-0.05, 0) is 39.6 Å². The molecule has 3 fully saturated rings. The summed E-state index contributed by atoms with van der Waals surface area (Å²) in [6.45, 7) is 1.79. The van der Waals surface area contributed by atoms with Crippen LogP contribution in [0.4, 0.5) is 0 Å². The van der Waals surface area contributed by atoms with Gasteiger partial charge in [-0.1, -0.05) is 0 Å². The normalized spacial score (nSPS) is 46.0. The number of carbonyl (C=O) groups is 1. The number of carbonyl (C=O) groups excluding carboxylic acids is 1. The maximum absolute atomic E-state index is 12.5. The van der Waals surface area contributed by atoms with Gasteiger partial charge in [0, 0.05) is 0 Å². The Balaban J connectivity index is 1.62. The van der Waals surface area contributed by atoms with Crippen LogP contribution in [0.25, 0.3) is 0 Å². The van der Waals surface area contributed by atoms with Crippen LogP contribution >= 0.6 is 0 Å². The Bertz CT molecular complexity index is 748. The molecule has 0 spiro atoms. The Morgan fingerprint density at radius 2 is 1.87 bits per heavy atom. The van der Waals surface area contributed by atoms with Crippen LogP contribution in [0, 0.1) is 0 Å². The summed E-state index contributed by atoms with van der Waals surface area (Å²) in [5, 5.41) is 41.5. The number of likely N-dealkylation sites (N-methyl/N-ethyl adjacent to an activating group) is 2. The summed E-state index contributed by atoms with van der Waals surface area (Å²) in [6, 6.07) is 0.898. The zero-order chi connectivity index (χ0) is 21.6. The second kappa shape index (κ2) is 8.17. The summed E-state index contributed by atoms with van der Waals surface area (Å²) >= 11 is 0. The molecule has 30 heavy (non-hydrogen) atoms. The standard InChI is InChI=1S/C19H29N3O8/c1-8-7-10(22-17(25)9-5-4-6-27-9)19(26)18(28-8)29-16-14(24)11(20-2)13(23)12(21-3)15(16)30-19/h4-6,8,10-16,18,20-21,23-24,26H,7H2,1-3H3,(H,22,25)/t8-,10-,11-,12+,13+,14-,15?,16?,18?,19+/m1/s1. The van der Waals surface area contributed by atoms with Gasteiger partial charge in [0.05, 0.1) is 36.6 Å². The Labute approximate surface area is 173 Å². The van der Waals surface area contributed by atoms with Gasteiger partial charge < -0.3 is 49.9 Å². The SMILES string of the molecule is CN[C@@H]1[C@H](O)[C@H](NC)C2O[C@]3(O)C(OC2[C@@H]1O)O[C@H](C)C[C@H]3NC(=O)c1ccco1. The molecule has 11 nitrogen and oxygen atoms in total. The number of nitrogens with one attached hydrogen (secondary N) is 3. The minimum absolute atomic E-state index is 0.0948. The van der Waals surface area contributed by atoms with Gasteiger partial charge in [-0.3, -0.25) is 4.79 Å². The number of fused-ring (bicyclic) bond motifs is 2. The fourth-order valence-electron chi connectivity index (χ4n) is 4.65. The lowest BCUT2D eigenvalue weighted by atomic mass is 9.79. The van der Waals surface area contributed by atoms with E-state index in [0.29, 0.717) is 0 Å². The number of hydrogen-bond acceptors (Lipinski definition) is 10. The molecule has 2 saturated heterocycles. The summed E-state index contributed by atoms with van der Waals surface area (Å²) in [6.07, 6.45) is -3.86. The molecular weight excluding hydrogens is 398 g/mol. The molecule has 10 atom stereocenters. The maximum Gasteiger partial charge on any atom is 0.287 e. The molecule has 1 saturated carbocycles. The highest BCUT2D eigenvalue weighted by atomic mass is 16.8. The predicted octanol–water partition coefficient (Wildman–Crippen LogP) is -2.10. The molecule has 4 rings (SSSR count). The van der Waals surface area contributed by atoms with Gasteiger partial charge >= 0.3 is 0 Å². The van der Waals surface area contributed by atoms with E-state index in [9.17, 15) is 20.1 Å². The fraction of sp³-hybridized carbons (Fsp3) is 0.737. The van der Waals surface area contributed by atoms with Crippen molar-refractivity contribution in [3.05, 3.63) is 24.2 Å². The molecular formula is C19H29N3O8. The summed E-state index contributed by atoms with van der Waals surface area (Å²) in [4.78, 5) is 12.5. The van der Waals surface area contributed by atoms with Crippen LogP contribution in [-0.2, 0) is 14.2 Å². The van der Waals surface area contributed by atoms with E-state index in [1.165, 1.54) is 12.3 Å². The Morgan fingerprint density at radius 1 is 1.13 bits per heavy atom. The molecule has 1 aromatic heterocycles. The molecule has 1 amide bonds. The highest BCUT2D eigenvalue weighted by molar-refractivity contribution is 5.91. The van der Waals surface area contributed by atoms with E-state index in [0.717, 1.165) is 0 Å². The van der Waals surface area contributed by atoms with Crippen molar-refractivity contribution in [1.29, 1.82) is 0 Å². The van der Waals surface area contributed by atoms with Crippen LogP contribution in [0.3, 0.4) is 0 Å². The molecule has 2 aliphatic heterocycles. The molecule has 3 unspecified atom stereocenters. The number of aliphatic hydroxyl groups is 3. The lowest BCUT2D eigenvalue weighted by molar-refractivity contribution is -0.448. The van der Waals surface area contributed by atoms with Crippen LogP contribution in [0.5, 0.6) is 0 Å². The largest absolute Gasteiger partial charge is 0.459 e. The third-order valence-electron chi connectivity index (χ3n) is 6.20. The molecule has 6 N–H and O–H groups in total. The van der Waals surface area contributed by atoms with Crippen molar-refractivity contribution in [3.63, 3.8) is 0 Å². The molecule has 0 bridgehead atoms. The number of aliphatic hydroxyl groups excluding tert-OH is 2. The van der Waals surface area contributed by atoms with Crippen molar-refractivity contribution in [2.24, 2.45) is 0 Å². The van der Waals surface area contributed by atoms with E-state index >= 15 is 0 Å². The van der Waals surface area contributed by atoms with E-state index in [1.54, 1.807) is 27.1 Å². The van der Waals surface area contributed by atoms with Crippen molar-refractivity contribution in [2.75, 3.05) is 14.1 Å². The van der Waals surface area contributed by atoms with Crippen LogP contribution in [0.1, 0.15) is 23.9 Å². The van der Waals surface area contributed by atoms with E-state index in [4.69, 9.17) is 18.6 Å². The Morgan fingerprint density at radius 3 is 2.50 bits per heavy atom. The van der Waals surface area contributed by atoms with Gasteiger partial charge in [0.25, 0.3) is 5.91 Å². The summed E-state index contributed by atoms with van der Waals surface area (Å²) in [5.41, 5.74) is 0. The Hall–Kier alpha value is -1.57. The zero-order valence-electron chi connectivity index (χ0n) is 17.0. The second-order valence-electron chi connectivity index (χ2n) is 8.06. The van der Waals surface area contributed by atoms with Gasteiger partial charge in [0.2, 0.25) is 12.1 Å². The number of furan rings is 1. The third-order valence-corrected chi connectivity index (χ3v) is 6.20. The smallest absolute Gasteiger partial charge is 0.287 e. The molecule has 11 heteroatoms. The lowest BCUT2D eigenvalue weighted by Gasteiger charge is -2.57. The third kappa shape index (κ3) is 3.45. The highest BCUT2D eigenvalue weighted by Crippen LogP contribution is 2.42. The number of amides is 1. The minimum atomic E-state index is -2.03. The molecule has 1 aromatic rings. The van der Waals surface area contributed by atoms with Crippen molar-refractivity contribution in [1.82, 2.24) is 16.0 Å². The maximum atomic E-state index is 12.5. The summed E-state index contributed by atoms with van der Waals surface area (Å²) in [5.74, 6) is -2.45. The Kier molecular flexibility index (Phi) is 5.90. The summed E-state index contributed by atoms with van der Waals surface area (Å²) < 4.78 is 22.9. The van der Waals surface area contributed by atoms with Gasteiger partial charge in [-0.25, -0.2) is 0 Å². The monoisotopic (exact) mass is 427 g/mol. The van der Waals surface area contributed by atoms with Crippen molar-refractivity contribution >= 4 is 5.91 Å². The van der Waals surface area contributed by atoms with E-state index in [2.05, 4.69) is 16.0 Å². The number of ether oxygens (including phenoxy) is 3. The van der Waals surface area contributed by atoms with E-state index < -0.39 is 60.5 Å². The molecule has 1 aliphatic carbocycles. The molecule has 0 radical (unpaired) electrons. The van der Waals surface area contributed by atoms with Gasteiger partial charge in [-0.15, -0.1) is 0 Å². The number of hydrogen-bond donors (Lipinski definition) is 6. The minimum Gasteiger partial charge on any atom is -0.459 e. The van der Waals surface area contributed by atoms with Crippen molar-refractivity contribution in [3.8, 4) is 0 Å². The van der Waals surface area contributed by atoms with Crippen LogP contribution in [-0.4, -0.2) is 96.0 Å². The van der Waals surface area contributed by atoms with Crippen LogP contribution in [0.15, 0.2) is 22.8 Å². The first-order valence-corrected chi connectivity index (χ1v) is 10.1. The first-order valence-electron chi connectivity index (χ1n) is 10.1.